The first-order valence-corrected chi connectivity index (χ1v) is 20.4. The molecular formula is C46H57NO14. The lowest BCUT2D eigenvalue weighted by Gasteiger charge is -2.68. The van der Waals surface area contributed by atoms with E-state index >= 15 is 0 Å². The molecule has 6 rings (SSSR count). The third-order valence-electron chi connectivity index (χ3n) is 13.1. The Balaban J connectivity index is 1.54. The Morgan fingerprint density at radius 2 is 1.52 bits per heavy atom. The average molecular weight is 848 g/mol. The SMILES string of the molecule is C=C1[C@H](OC(C)=O)C2=C(C)[C@@H](OC(=O)[C@H](O)[C@@H](NC(=O)OC(C)(C)C)c3ccccc3)C[C@@](O)([C@@H](OC(=O)c3ccccc3)C3[C@@]1(C)[C@@H](O)C[C@H]1OC[C@@]31OC(C)=O)C2(C)C. The van der Waals surface area contributed by atoms with E-state index < -0.39 is 113 Å². The largest absolute Gasteiger partial charge is 0.456 e. The van der Waals surface area contributed by atoms with Crippen molar-refractivity contribution in [1.29, 1.82) is 0 Å². The predicted octanol–water partition coefficient (Wildman–Crippen LogP) is 4.82. The van der Waals surface area contributed by atoms with Crippen molar-refractivity contribution in [2.24, 2.45) is 16.7 Å². The summed E-state index contributed by atoms with van der Waals surface area (Å²) in [6.45, 7) is 18.2. The van der Waals surface area contributed by atoms with E-state index in [9.17, 15) is 39.3 Å². The van der Waals surface area contributed by atoms with Gasteiger partial charge in [-0.15, -0.1) is 0 Å². The molecule has 0 radical (unpaired) electrons. The topological polar surface area (TPSA) is 213 Å². The second-order valence-electron chi connectivity index (χ2n) is 18.3. The summed E-state index contributed by atoms with van der Waals surface area (Å²) in [4.78, 5) is 67.7. The fraction of sp³-hybridized carbons (Fsp3) is 0.543. The number of rotatable bonds is 9. The lowest BCUT2D eigenvalue weighted by Crippen LogP contribution is -2.80. The van der Waals surface area contributed by atoms with Crippen molar-refractivity contribution in [3.8, 4) is 0 Å². The van der Waals surface area contributed by atoms with Gasteiger partial charge >= 0.3 is 30.0 Å². The molecule has 2 saturated carbocycles. The summed E-state index contributed by atoms with van der Waals surface area (Å²) in [6, 6.07) is 14.9. The summed E-state index contributed by atoms with van der Waals surface area (Å²) in [6.07, 6.45) is -10.1. The highest BCUT2D eigenvalue weighted by Crippen LogP contribution is 2.66. The Bertz CT molecular complexity index is 2090. The zero-order valence-electron chi connectivity index (χ0n) is 36.1. The summed E-state index contributed by atoms with van der Waals surface area (Å²) in [7, 11) is 0. The maximum Gasteiger partial charge on any atom is 0.408 e. The summed E-state index contributed by atoms with van der Waals surface area (Å²) < 4.78 is 36.2. The van der Waals surface area contributed by atoms with E-state index in [1.807, 2.05) is 0 Å². The van der Waals surface area contributed by atoms with Gasteiger partial charge in [0.15, 0.2) is 11.7 Å². The molecule has 1 amide bonds. The number of carbonyl (C=O) groups is 5. The second kappa shape index (κ2) is 16.3. The molecule has 1 unspecified atom stereocenters. The van der Waals surface area contributed by atoms with Crippen LogP contribution >= 0.6 is 0 Å². The molecule has 2 bridgehead atoms. The minimum atomic E-state index is -2.29. The number of amides is 1. The summed E-state index contributed by atoms with van der Waals surface area (Å²) >= 11 is 0. The number of fused-ring (bicyclic) bond motifs is 5. The maximum absolute atomic E-state index is 14.3. The van der Waals surface area contributed by atoms with Crippen molar-refractivity contribution in [3.05, 3.63) is 95.1 Å². The van der Waals surface area contributed by atoms with Crippen molar-refractivity contribution in [1.82, 2.24) is 5.32 Å². The van der Waals surface area contributed by atoms with Gasteiger partial charge in [0.05, 0.1) is 30.2 Å². The molecule has 2 aromatic carbocycles. The van der Waals surface area contributed by atoms with Gasteiger partial charge in [0, 0.05) is 37.5 Å². The monoisotopic (exact) mass is 847 g/mol. The standard InChI is InChI=1S/C46H57NO14/c1-24-30(58-40(53)35(51)34(28-17-13-11-14-18-28)47-41(54)61-42(5,6)7)22-46(55)38(59-39(52)29-19-15-12-16-20-29)37-44(10,25(2)36(57-26(3)48)33(24)43(46,8)9)31(50)21-32-45(37,23-56-32)60-27(4)49/h11-20,30-32,34-38,50-51,55H,2,21-23H2,1,3-10H3,(H,47,54)/t30-,31-,32+,34-,35+,36-,37?,38-,44+,45-,46+/m0/s1. The maximum atomic E-state index is 14.3. The van der Waals surface area contributed by atoms with Crippen LogP contribution in [0.1, 0.15) is 97.1 Å². The van der Waals surface area contributed by atoms with Gasteiger partial charge in [-0.05, 0) is 62.1 Å². The van der Waals surface area contributed by atoms with Crippen LogP contribution in [0.3, 0.4) is 0 Å². The minimum Gasteiger partial charge on any atom is -0.456 e. The number of alkyl carbamates (subject to hydrolysis) is 1. The van der Waals surface area contributed by atoms with E-state index in [4.69, 9.17) is 28.4 Å². The van der Waals surface area contributed by atoms with Gasteiger partial charge in [0.1, 0.15) is 35.6 Å². The van der Waals surface area contributed by atoms with E-state index in [0.717, 1.165) is 0 Å². The Morgan fingerprint density at radius 1 is 0.918 bits per heavy atom. The first-order valence-electron chi connectivity index (χ1n) is 20.4. The number of hydrogen-bond acceptors (Lipinski definition) is 14. The molecule has 0 aromatic heterocycles. The van der Waals surface area contributed by atoms with Crippen molar-refractivity contribution >= 4 is 30.0 Å². The average Bonchev–Trinajstić information content (AvgIpc) is 3.17. The molecule has 4 N–H and O–H groups in total. The van der Waals surface area contributed by atoms with E-state index in [1.54, 1.807) is 97.0 Å². The van der Waals surface area contributed by atoms with Crippen LogP contribution in [0.5, 0.6) is 0 Å². The zero-order chi connectivity index (χ0) is 45.0. The lowest BCUT2D eigenvalue weighted by atomic mass is 9.44. The molecule has 15 nitrogen and oxygen atoms in total. The van der Waals surface area contributed by atoms with Crippen molar-refractivity contribution in [3.63, 3.8) is 0 Å². The van der Waals surface area contributed by atoms with Crippen LogP contribution in [0.25, 0.3) is 0 Å². The first-order chi connectivity index (χ1) is 28.4. The number of carbonyl (C=O) groups excluding carboxylic acids is 5. The number of nitrogens with one attached hydrogen (secondary N) is 1. The van der Waals surface area contributed by atoms with Gasteiger partial charge in [0.2, 0.25) is 0 Å². The Labute approximate surface area is 355 Å². The number of aliphatic hydroxyl groups excluding tert-OH is 2. The normalized spacial score (nSPS) is 32.5. The summed E-state index contributed by atoms with van der Waals surface area (Å²) in [5.74, 6) is -4.81. The fourth-order valence-corrected chi connectivity index (χ4v) is 9.96. The van der Waals surface area contributed by atoms with Gasteiger partial charge in [-0.1, -0.05) is 75.9 Å². The van der Waals surface area contributed by atoms with Crippen LogP contribution in [0, 0.1) is 16.7 Å². The zero-order valence-corrected chi connectivity index (χ0v) is 36.1. The highest BCUT2D eigenvalue weighted by atomic mass is 16.6. The van der Waals surface area contributed by atoms with Gasteiger partial charge < -0.3 is 49.1 Å². The van der Waals surface area contributed by atoms with Crippen molar-refractivity contribution in [2.75, 3.05) is 6.61 Å². The Kier molecular flexibility index (Phi) is 12.2. The molecule has 11 atom stereocenters. The third kappa shape index (κ3) is 7.97. The van der Waals surface area contributed by atoms with E-state index in [2.05, 4.69) is 11.9 Å². The van der Waals surface area contributed by atoms with Crippen LogP contribution in [-0.4, -0.2) is 105 Å². The quantitative estimate of drug-likeness (QED) is 0.152. The van der Waals surface area contributed by atoms with Gasteiger partial charge in [-0.2, -0.15) is 0 Å². The molecule has 3 fully saturated rings. The lowest BCUT2D eigenvalue weighted by molar-refractivity contribution is -0.346. The smallest absolute Gasteiger partial charge is 0.408 e. The van der Waals surface area contributed by atoms with E-state index in [0.29, 0.717) is 11.1 Å². The van der Waals surface area contributed by atoms with Crippen LogP contribution in [0.4, 0.5) is 4.79 Å². The highest BCUT2D eigenvalue weighted by Gasteiger charge is 2.77. The van der Waals surface area contributed by atoms with Crippen LogP contribution < -0.4 is 5.32 Å². The predicted molar refractivity (Wildman–Crippen MR) is 217 cm³/mol. The molecule has 2 aromatic rings. The minimum absolute atomic E-state index is 0.0522. The molecule has 4 aliphatic rings. The molecule has 1 saturated heterocycles. The second-order valence-corrected chi connectivity index (χ2v) is 18.3. The first kappa shape index (κ1) is 45.4. The molecule has 330 valence electrons. The molecule has 0 spiro atoms. The van der Waals surface area contributed by atoms with Gasteiger partial charge in [-0.25, -0.2) is 14.4 Å². The molecular weight excluding hydrogens is 790 g/mol. The number of ether oxygens (including phenoxy) is 6. The molecule has 3 aliphatic carbocycles. The van der Waals surface area contributed by atoms with E-state index in [-0.39, 0.29) is 29.7 Å². The number of hydrogen-bond donors (Lipinski definition) is 4. The number of benzene rings is 2. The molecule has 61 heavy (non-hydrogen) atoms. The summed E-state index contributed by atoms with van der Waals surface area (Å²) in [5.41, 5.74) is -6.76. The van der Waals surface area contributed by atoms with Crippen LogP contribution in [-0.2, 0) is 42.8 Å². The molecule has 1 heterocycles. The number of aliphatic hydroxyl groups is 3. The van der Waals surface area contributed by atoms with Crippen LogP contribution in [0.15, 0.2) is 84.0 Å². The molecule has 1 aliphatic heterocycles. The Hall–Kier alpha value is -5.09. The van der Waals surface area contributed by atoms with Crippen LogP contribution in [0.2, 0.25) is 0 Å². The molecule has 15 heteroatoms. The van der Waals surface area contributed by atoms with Gasteiger partial charge in [-0.3, -0.25) is 9.59 Å². The van der Waals surface area contributed by atoms with E-state index in [1.165, 1.54) is 26.0 Å². The van der Waals surface area contributed by atoms with Crippen molar-refractivity contribution in [2.45, 2.75) is 135 Å². The Morgan fingerprint density at radius 3 is 2.07 bits per heavy atom. The van der Waals surface area contributed by atoms with Crippen molar-refractivity contribution < 1.29 is 67.7 Å². The van der Waals surface area contributed by atoms with Gasteiger partial charge in [0.25, 0.3) is 0 Å². The fourth-order valence-electron chi connectivity index (χ4n) is 9.96. The third-order valence-corrected chi connectivity index (χ3v) is 13.1. The summed E-state index contributed by atoms with van der Waals surface area (Å²) in [5, 5.41) is 40.2. The number of esters is 4. The highest BCUT2D eigenvalue weighted by molar-refractivity contribution is 5.89.